The Labute approximate surface area is 170 Å². The Balaban J connectivity index is 1.70. The maximum Gasteiger partial charge on any atom is 0.272 e. The average Bonchev–Trinajstić information content (AvgIpc) is 2.72. The fourth-order valence-corrected chi connectivity index (χ4v) is 4.30. The summed E-state index contributed by atoms with van der Waals surface area (Å²) in [5.74, 6) is 1.37. The molecule has 1 amide bonds. The predicted molar refractivity (Wildman–Crippen MR) is 111 cm³/mol. The molecule has 4 nitrogen and oxygen atoms in total. The third-order valence-corrected chi connectivity index (χ3v) is 5.71. The Bertz CT molecular complexity index is 952. The van der Waals surface area contributed by atoms with Crippen LogP contribution in [0.3, 0.4) is 0 Å². The molecule has 6 heteroatoms. The SMILES string of the molecule is O=C(C(Oc1cccc(Br)c1)c1ccccc1)N1CCSc2ncccc21. The van der Waals surface area contributed by atoms with E-state index in [1.165, 1.54) is 0 Å². The first-order chi connectivity index (χ1) is 13.2. The number of pyridine rings is 1. The van der Waals surface area contributed by atoms with Gasteiger partial charge in [-0.25, -0.2) is 4.98 Å². The van der Waals surface area contributed by atoms with Crippen LogP contribution >= 0.6 is 27.7 Å². The van der Waals surface area contributed by atoms with Crippen LogP contribution in [-0.2, 0) is 4.79 Å². The van der Waals surface area contributed by atoms with E-state index in [4.69, 9.17) is 4.74 Å². The largest absolute Gasteiger partial charge is 0.476 e. The van der Waals surface area contributed by atoms with Crippen molar-refractivity contribution in [2.75, 3.05) is 17.2 Å². The normalized spacial score (nSPS) is 14.3. The maximum absolute atomic E-state index is 13.5. The second-order valence-electron chi connectivity index (χ2n) is 6.03. The summed E-state index contributed by atoms with van der Waals surface area (Å²) < 4.78 is 7.07. The lowest BCUT2D eigenvalue weighted by Gasteiger charge is -2.31. The van der Waals surface area contributed by atoms with Gasteiger partial charge in [-0.3, -0.25) is 4.79 Å². The number of ether oxygens (including phenoxy) is 1. The third-order valence-electron chi connectivity index (χ3n) is 4.24. The van der Waals surface area contributed by atoms with E-state index < -0.39 is 6.10 Å². The topological polar surface area (TPSA) is 42.4 Å². The molecule has 2 heterocycles. The van der Waals surface area contributed by atoms with Gasteiger partial charge in [0, 0.05) is 28.5 Å². The van der Waals surface area contributed by atoms with Gasteiger partial charge >= 0.3 is 0 Å². The molecule has 1 aliphatic rings. The number of nitrogens with zero attached hydrogens (tertiary/aromatic N) is 2. The van der Waals surface area contributed by atoms with Gasteiger partial charge in [0.2, 0.25) is 6.10 Å². The van der Waals surface area contributed by atoms with Crippen molar-refractivity contribution in [2.45, 2.75) is 11.1 Å². The fourth-order valence-electron chi connectivity index (χ4n) is 2.99. The van der Waals surface area contributed by atoms with E-state index in [9.17, 15) is 4.79 Å². The second-order valence-corrected chi connectivity index (χ2v) is 8.03. The summed E-state index contributed by atoms with van der Waals surface area (Å²) in [6, 6.07) is 20.9. The van der Waals surface area contributed by atoms with Crippen molar-refractivity contribution in [2.24, 2.45) is 0 Å². The number of amides is 1. The Hall–Kier alpha value is -2.31. The van der Waals surface area contributed by atoms with Crippen LogP contribution < -0.4 is 9.64 Å². The Kier molecular flexibility index (Phi) is 5.45. The van der Waals surface area contributed by atoms with Gasteiger partial charge in [-0.1, -0.05) is 52.3 Å². The summed E-state index contributed by atoms with van der Waals surface area (Å²) in [7, 11) is 0. The molecule has 0 bridgehead atoms. The predicted octanol–water partition coefficient (Wildman–Crippen LogP) is 5.10. The summed E-state index contributed by atoms with van der Waals surface area (Å²) in [4.78, 5) is 19.7. The maximum atomic E-state index is 13.5. The minimum absolute atomic E-state index is 0.0873. The molecule has 27 heavy (non-hydrogen) atoms. The first-order valence-corrected chi connectivity index (χ1v) is 10.4. The summed E-state index contributed by atoms with van der Waals surface area (Å²) in [5, 5.41) is 0.881. The number of carbonyl (C=O) groups excluding carboxylic acids is 1. The van der Waals surface area contributed by atoms with Crippen LogP contribution in [-0.4, -0.2) is 23.2 Å². The van der Waals surface area contributed by atoms with Crippen molar-refractivity contribution in [3.63, 3.8) is 0 Å². The third kappa shape index (κ3) is 4.01. The van der Waals surface area contributed by atoms with Crippen molar-refractivity contribution in [3.05, 3.63) is 83.0 Å². The van der Waals surface area contributed by atoms with Gasteiger partial charge in [0.05, 0.1) is 5.69 Å². The minimum atomic E-state index is -0.725. The van der Waals surface area contributed by atoms with Crippen molar-refractivity contribution >= 4 is 39.3 Å². The number of hydrogen-bond acceptors (Lipinski definition) is 4. The molecular weight excluding hydrogens is 424 g/mol. The molecule has 2 aromatic carbocycles. The number of thioether (sulfide) groups is 1. The van der Waals surface area contributed by atoms with E-state index in [2.05, 4.69) is 20.9 Å². The molecule has 1 aliphatic heterocycles. The number of aromatic nitrogens is 1. The zero-order valence-electron chi connectivity index (χ0n) is 14.4. The summed E-state index contributed by atoms with van der Waals surface area (Å²) in [6.07, 6.45) is 1.03. The van der Waals surface area contributed by atoms with Crippen LogP contribution in [0.15, 0.2) is 82.4 Å². The summed E-state index contributed by atoms with van der Waals surface area (Å²) in [6.45, 7) is 0.632. The van der Waals surface area contributed by atoms with E-state index in [-0.39, 0.29) is 5.91 Å². The Morgan fingerprint density at radius 3 is 2.78 bits per heavy atom. The lowest BCUT2D eigenvalue weighted by atomic mass is 10.1. The average molecular weight is 441 g/mol. The molecule has 0 fully saturated rings. The van der Waals surface area contributed by atoms with Crippen molar-refractivity contribution in [1.82, 2.24) is 4.98 Å². The highest BCUT2D eigenvalue weighted by molar-refractivity contribution is 9.10. The molecule has 136 valence electrons. The minimum Gasteiger partial charge on any atom is -0.476 e. The highest BCUT2D eigenvalue weighted by Crippen LogP contribution is 2.35. The molecule has 0 radical (unpaired) electrons. The van der Waals surface area contributed by atoms with E-state index in [1.807, 2.05) is 66.7 Å². The number of fused-ring (bicyclic) bond motifs is 1. The summed E-state index contributed by atoms with van der Waals surface area (Å²) in [5.41, 5.74) is 1.67. The molecule has 3 aromatic rings. The number of carbonyl (C=O) groups is 1. The Morgan fingerprint density at radius 1 is 1.11 bits per heavy atom. The molecule has 1 unspecified atom stereocenters. The zero-order valence-corrected chi connectivity index (χ0v) is 16.8. The lowest BCUT2D eigenvalue weighted by Crippen LogP contribution is -2.40. The van der Waals surface area contributed by atoms with Gasteiger partial charge in [0.15, 0.2) is 0 Å². The van der Waals surface area contributed by atoms with E-state index in [0.717, 1.165) is 26.5 Å². The smallest absolute Gasteiger partial charge is 0.272 e. The molecule has 0 saturated heterocycles. The summed E-state index contributed by atoms with van der Waals surface area (Å²) >= 11 is 5.13. The van der Waals surface area contributed by atoms with Crippen LogP contribution in [0.2, 0.25) is 0 Å². The molecule has 0 aliphatic carbocycles. The Morgan fingerprint density at radius 2 is 1.96 bits per heavy atom. The van der Waals surface area contributed by atoms with E-state index in [1.54, 1.807) is 22.9 Å². The van der Waals surface area contributed by atoms with Crippen LogP contribution in [0.4, 0.5) is 5.69 Å². The van der Waals surface area contributed by atoms with E-state index in [0.29, 0.717) is 12.3 Å². The number of benzene rings is 2. The second kappa shape index (κ2) is 8.15. The van der Waals surface area contributed by atoms with Gasteiger partial charge in [-0.05, 0) is 30.3 Å². The van der Waals surface area contributed by atoms with Gasteiger partial charge in [0.1, 0.15) is 10.8 Å². The van der Waals surface area contributed by atoms with E-state index >= 15 is 0 Å². The molecular formula is C21H17BrN2O2S. The molecule has 1 aromatic heterocycles. The first kappa shape index (κ1) is 18.1. The van der Waals surface area contributed by atoms with Crippen molar-refractivity contribution in [3.8, 4) is 5.75 Å². The first-order valence-electron chi connectivity index (χ1n) is 8.59. The van der Waals surface area contributed by atoms with Gasteiger partial charge in [-0.15, -0.1) is 11.8 Å². The fraction of sp³-hybridized carbons (Fsp3) is 0.143. The number of hydrogen-bond donors (Lipinski definition) is 0. The number of halogens is 1. The number of anilines is 1. The molecule has 0 saturated carbocycles. The van der Waals surface area contributed by atoms with Gasteiger partial charge in [-0.2, -0.15) is 0 Å². The molecule has 4 rings (SSSR count). The lowest BCUT2D eigenvalue weighted by molar-refractivity contribution is -0.125. The zero-order chi connectivity index (χ0) is 18.6. The number of rotatable bonds is 4. The molecule has 1 atom stereocenters. The van der Waals surface area contributed by atoms with Crippen LogP contribution in [0.5, 0.6) is 5.75 Å². The monoisotopic (exact) mass is 440 g/mol. The van der Waals surface area contributed by atoms with Gasteiger partial charge < -0.3 is 9.64 Å². The van der Waals surface area contributed by atoms with Crippen LogP contribution in [0.1, 0.15) is 11.7 Å². The van der Waals surface area contributed by atoms with Gasteiger partial charge in [0.25, 0.3) is 5.91 Å². The van der Waals surface area contributed by atoms with Crippen LogP contribution in [0.25, 0.3) is 0 Å². The standard InChI is InChI=1S/C21H17BrN2O2S/c22-16-8-4-9-17(14-16)26-19(15-6-2-1-3-7-15)21(25)24-12-13-27-20-18(24)10-5-11-23-20/h1-11,14,19H,12-13H2. The molecule has 0 N–H and O–H groups in total. The van der Waals surface area contributed by atoms with Crippen LogP contribution in [0, 0.1) is 0 Å². The van der Waals surface area contributed by atoms with Crippen molar-refractivity contribution < 1.29 is 9.53 Å². The quantitative estimate of drug-likeness (QED) is 0.565. The molecule has 0 spiro atoms. The van der Waals surface area contributed by atoms with Crippen molar-refractivity contribution in [1.29, 1.82) is 0 Å². The highest BCUT2D eigenvalue weighted by Gasteiger charge is 2.32. The highest BCUT2D eigenvalue weighted by atomic mass is 79.9.